The first-order chi connectivity index (χ1) is 9.28. The zero-order valence-corrected chi connectivity index (χ0v) is 10.9. The number of rotatable bonds is 7. The Labute approximate surface area is 111 Å². The van der Waals surface area contributed by atoms with Gasteiger partial charge in [0.1, 0.15) is 18.2 Å². The molecular weight excluding hydrogens is 247 g/mol. The van der Waals surface area contributed by atoms with Crippen LogP contribution in [0, 0.1) is 5.82 Å². The Bertz CT molecular complexity index is 500. The third-order valence-corrected chi connectivity index (χ3v) is 2.56. The summed E-state index contributed by atoms with van der Waals surface area (Å²) in [4.78, 5) is 0. The highest BCUT2D eigenvalue weighted by atomic mass is 19.1. The van der Waals surface area contributed by atoms with E-state index >= 15 is 0 Å². The average molecular weight is 264 g/mol. The van der Waals surface area contributed by atoms with Crippen LogP contribution < -0.4 is 10.1 Å². The Morgan fingerprint density at radius 2 is 2.26 bits per heavy atom. The van der Waals surface area contributed by atoms with Crippen LogP contribution in [0.3, 0.4) is 0 Å². The lowest BCUT2D eigenvalue weighted by atomic mass is 10.2. The van der Waals surface area contributed by atoms with Gasteiger partial charge < -0.3 is 14.6 Å². The fourth-order valence-corrected chi connectivity index (χ4v) is 1.69. The molecule has 102 valence electrons. The average Bonchev–Trinajstić information content (AvgIpc) is 2.89. The molecule has 4 nitrogen and oxygen atoms in total. The third-order valence-electron chi connectivity index (χ3n) is 2.56. The second kappa shape index (κ2) is 6.89. The van der Waals surface area contributed by atoms with Crippen molar-refractivity contribution < 1.29 is 13.7 Å². The van der Waals surface area contributed by atoms with Crippen LogP contribution in [0.4, 0.5) is 4.39 Å². The van der Waals surface area contributed by atoms with Crippen molar-refractivity contribution in [1.82, 2.24) is 10.5 Å². The van der Waals surface area contributed by atoms with E-state index in [0.717, 1.165) is 18.5 Å². The van der Waals surface area contributed by atoms with E-state index in [1.54, 1.807) is 12.3 Å². The summed E-state index contributed by atoms with van der Waals surface area (Å²) in [5.41, 5.74) is 0.862. The van der Waals surface area contributed by atoms with Gasteiger partial charge in [0.2, 0.25) is 0 Å². The molecule has 0 amide bonds. The van der Waals surface area contributed by atoms with Gasteiger partial charge in [0.05, 0.1) is 6.20 Å². The maximum absolute atomic E-state index is 13.5. The van der Waals surface area contributed by atoms with E-state index in [1.807, 2.05) is 6.07 Å². The SMILES string of the molecule is CCCNCc1cc(F)cc(OCc2ccno2)c1. The highest BCUT2D eigenvalue weighted by Crippen LogP contribution is 2.17. The first kappa shape index (κ1) is 13.5. The van der Waals surface area contributed by atoms with Crippen molar-refractivity contribution in [2.24, 2.45) is 0 Å². The van der Waals surface area contributed by atoms with Crippen molar-refractivity contribution >= 4 is 0 Å². The highest BCUT2D eigenvalue weighted by Gasteiger charge is 2.04. The van der Waals surface area contributed by atoms with E-state index in [-0.39, 0.29) is 12.4 Å². The van der Waals surface area contributed by atoms with Crippen molar-refractivity contribution in [1.29, 1.82) is 0 Å². The van der Waals surface area contributed by atoms with Gasteiger partial charge in [-0.2, -0.15) is 0 Å². The predicted molar refractivity (Wildman–Crippen MR) is 69.2 cm³/mol. The maximum atomic E-state index is 13.5. The van der Waals surface area contributed by atoms with E-state index in [9.17, 15) is 4.39 Å². The van der Waals surface area contributed by atoms with Crippen LogP contribution in [0.15, 0.2) is 35.0 Å². The number of halogens is 1. The second-order valence-electron chi connectivity index (χ2n) is 4.24. The van der Waals surface area contributed by atoms with Gasteiger partial charge in [-0.1, -0.05) is 12.1 Å². The molecule has 2 aromatic rings. The van der Waals surface area contributed by atoms with Gasteiger partial charge in [0.15, 0.2) is 5.76 Å². The first-order valence-electron chi connectivity index (χ1n) is 6.30. The van der Waals surface area contributed by atoms with Crippen molar-refractivity contribution in [2.45, 2.75) is 26.5 Å². The van der Waals surface area contributed by atoms with Crippen LogP contribution in [0.5, 0.6) is 5.75 Å². The molecule has 0 saturated heterocycles. The summed E-state index contributed by atoms with van der Waals surface area (Å²) in [6.07, 6.45) is 2.59. The lowest BCUT2D eigenvalue weighted by Gasteiger charge is -2.08. The summed E-state index contributed by atoms with van der Waals surface area (Å²) in [5.74, 6) is 0.794. The highest BCUT2D eigenvalue weighted by molar-refractivity contribution is 5.29. The molecule has 0 saturated carbocycles. The largest absolute Gasteiger partial charge is 0.485 e. The predicted octanol–water partition coefficient (Wildman–Crippen LogP) is 2.89. The van der Waals surface area contributed by atoms with Crippen LogP contribution in [-0.4, -0.2) is 11.7 Å². The smallest absolute Gasteiger partial charge is 0.174 e. The Morgan fingerprint density at radius 3 is 3.00 bits per heavy atom. The van der Waals surface area contributed by atoms with Crippen LogP contribution in [0.2, 0.25) is 0 Å². The number of ether oxygens (including phenoxy) is 1. The topological polar surface area (TPSA) is 47.3 Å². The molecule has 0 aliphatic heterocycles. The summed E-state index contributed by atoms with van der Waals surface area (Å²) in [6.45, 7) is 3.87. The van der Waals surface area contributed by atoms with Gasteiger partial charge in [0, 0.05) is 18.7 Å². The van der Waals surface area contributed by atoms with Gasteiger partial charge in [-0.25, -0.2) is 4.39 Å². The maximum Gasteiger partial charge on any atom is 0.174 e. The molecule has 19 heavy (non-hydrogen) atoms. The van der Waals surface area contributed by atoms with E-state index in [2.05, 4.69) is 17.4 Å². The van der Waals surface area contributed by atoms with Crippen molar-refractivity contribution in [3.63, 3.8) is 0 Å². The van der Waals surface area contributed by atoms with Crippen LogP contribution in [0.1, 0.15) is 24.7 Å². The van der Waals surface area contributed by atoms with Crippen molar-refractivity contribution in [3.05, 3.63) is 47.6 Å². The Balaban J connectivity index is 1.95. The molecule has 1 N–H and O–H groups in total. The molecular formula is C14H17FN2O2. The quantitative estimate of drug-likeness (QED) is 0.781. The minimum absolute atomic E-state index is 0.241. The molecule has 0 aliphatic rings. The molecule has 0 bridgehead atoms. The third kappa shape index (κ3) is 4.37. The second-order valence-corrected chi connectivity index (χ2v) is 4.24. The van der Waals surface area contributed by atoms with E-state index in [1.165, 1.54) is 12.1 Å². The molecule has 0 atom stereocenters. The normalized spacial score (nSPS) is 10.6. The molecule has 5 heteroatoms. The summed E-state index contributed by atoms with van der Waals surface area (Å²) < 4.78 is 23.8. The molecule has 1 heterocycles. The molecule has 0 aliphatic carbocycles. The van der Waals surface area contributed by atoms with Gasteiger partial charge >= 0.3 is 0 Å². The number of nitrogens with one attached hydrogen (secondary N) is 1. The van der Waals surface area contributed by atoms with E-state index < -0.39 is 0 Å². The number of benzene rings is 1. The van der Waals surface area contributed by atoms with Crippen LogP contribution >= 0.6 is 0 Å². The van der Waals surface area contributed by atoms with Gasteiger partial charge in [-0.3, -0.25) is 0 Å². The number of hydrogen-bond donors (Lipinski definition) is 1. The standard InChI is InChI=1S/C14H17FN2O2/c1-2-4-16-9-11-6-12(15)8-14(7-11)18-10-13-3-5-17-19-13/h3,5-8,16H,2,4,9-10H2,1H3. The number of aromatic nitrogens is 1. The van der Waals surface area contributed by atoms with E-state index in [0.29, 0.717) is 18.1 Å². The Kier molecular flexibility index (Phi) is 4.92. The molecule has 1 aromatic carbocycles. The zero-order valence-electron chi connectivity index (χ0n) is 10.9. The van der Waals surface area contributed by atoms with E-state index in [4.69, 9.17) is 9.26 Å². The monoisotopic (exact) mass is 264 g/mol. The van der Waals surface area contributed by atoms with Gasteiger partial charge in [0.25, 0.3) is 0 Å². The summed E-state index contributed by atoms with van der Waals surface area (Å²) in [7, 11) is 0. The Morgan fingerprint density at radius 1 is 1.37 bits per heavy atom. The fourth-order valence-electron chi connectivity index (χ4n) is 1.69. The van der Waals surface area contributed by atoms with Gasteiger partial charge in [-0.05, 0) is 30.7 Å². The molecule has 0 unspecified atom stereocenters. The first-order valence-corrected chi connectivity index (χ1v) is 6.30. The zero-order chi connectivity index (χ0) is 13.5. The minimum Gasteiger partial charge on any atom is -0.485 e. The molecule has 0 fully saturated rings. The lowest BCUT2D eigenvalue weighted by molar-refractivity contribution is 0.248. The summed E-state index contributed by atoms with van der Waals surface area (Å²) >= 11 is 0. The number of nitrogens with zero attached hydrogens (tertiary/aromatic N) is 1. The molecule has 0 radical (unpaired) electrons. The lowest BCUT2D eigenvalue weighted by Crippen LogP contribution is -2.14. The van der Waals surface area contributed by atoms with Crippen molar-refractivity contribution in [3.8, 4) is 5.75 Å². The molecule has 1 aromatic heterocycles. The minimum atomic E-state index is -0.302. The summed E-state index contributed by atoms with van der Waals surface area (Å²) in [6, 6.07) is 6.40. The summed E-state index contributed by atoms with van der Waals surface area (Å²) in [5, 5.41) is 6.81. The van der Waals surface area contributed by atoms with Crippen LogP contribution in [-0.2, 0) is 13.2 Å². The fraction of sp³-hybridized carbons (Fsp3) is 0.357. The van der Waals surface area contributed by atoms with Crippen molar-refractivity contribution in [2.75, 3.05) is 6.54 Å². The van der Waals surface area contributed by atoms with Gasteiger partial charge in [-0.15, -0.1) is 0 Å². The number of hydrogen-bond acceptors (Lipinski definition) is 4. The Hall–Kier alpha value is -1.88. The molecule has 0 spiro atoms. The molecule has 2 rings (SSSR count). The van der Waals surface area contributed by atoms with Crippen LogP contribution in [0.25, 0.3) is 0 Å².